The molecule has 10 heteroatoms. The van der Waals surface area contributed by atoms with Crippen LogP contribution in [0.3, 0.4) is 0 Å². The summed E-state index contributed by atoms with van der Waals surface area (Å²) in [6, 6.07) is 1.79. The first-order chi connectivity index (χ1) is 11.8. The second kappa shape index (κ2) is 8.34. The maximum Gasteiger partial charge on any atom is 0.277 e. The van der Waals surface area contributed by atoms with Gasteiger partial charge in [-0.3, -0.25) is 4.79 Å². The molecule has 24 heavy (non-hydrogen) atoms. The molecule has 3 heterocycles. The predicted octanol–water partition coefficient (Wildman–Crippen LogP) is 1.16. The van der Waals surface area contributed by atoms with Crippen molar-refractivity contribution in [3.8, 4) is 0 Å². The molecule has 2 aromatic heterocycles. The van der Waals surface area contributed by atoms with Gasteiger partial charge in [-0.2, -0.15) is 11.8 Å². The summed E-state index contributed by atoms with van der Waals surface area (Å²) in [5.41, 5.74) is 0. The molecular weight excluding hydrogens is 348 g/mol. The molecule has 0 unspecified atom stereocenters. The largest absolute Gasteiger partial charge is 0.415 e. The van der Waals surface area contributed by atoms with Gasteiger partial charge in [0.25, 0.3) is 5.22 Å². The highest BCUT2D eigenvalue weighted by molar-refractivity contribution is 7.99. The summed E-state index contributed by atoms with van der Waals surface area (Å²) in [5.74, 6) is 2.38. The zero-order valence-electron chi connectivity index (χ0n) is 13.3. The number of rotatable bonds is 6. The molecule has 1 aliphatic rings. The summed E-state index contributed by atoms with van der Waals surface area (Å²) in [6.07, 6.45) is 5.43. The van der Waals surface area contributed by atoms with Crippen LogP contribution in [0.2, 0.25) is 0 Å². The summed E-state index contributed by atoms with van der Waals surface area (Å²) in [7, 11) is 0. The van der Waals surface area contributed by atoms with Crippen molar-refractivity contribution in [3.05, 3.63) is 24.4 Å². The van der Waals surface area contributed by atoms with Crippen molar-refractivity contribution in [3.63, 3.8) is 0 Å². The zero-order chi connectivity index (χ0) is 16.8. The lowest BCUT2D eigenvalue weighted by Crippen LogP contribution is -2.49. The van der Waals surface area contributed by atoms with E-state index < -0.39 is 0 Å². The molecule has 1 saturated heterocycles. The van der Waals surface area contributed by atoms with E-state index in [1.54, 1.807) is 30.2 Å². The molecule has 3 rings (SSSR count). The molecule has 0 saturated carbocycles. The van der Waals surface area contributed by atoms with E-state index in [-0.39, 0.29) is 5.91 Å². The standard InChI is InChI=1S/C14H18N6O2S2/c1-23-9-11-17-18-14(22-11)24-10-12(21)19-5-7-20(8-6-19)13-15-3-2-4-16-13/h2-4H,5-10H2,1H3. The van der Waals surface area contributed by atoms with Crippen LogP contribution in [-0.4, -0.2) is 69.2 Å². The van der Waals surface area contributed by atoms with Crippen LogP contribution in [-0.2, 0) is 10.5 Å². The molecule has 8 nitrogen and oxygen atoms in total. The number of hydrogen-bond acceptors (Lipinski definition) is 9. The van der Waals surface area contributed by atoms with Gasteiger partial charge < -0.3 is 14.2 Å². The number of nitrogens with zero attached hydrogens (tertiary/aromatic N) is 6. The van der Waals surface area contributed by atoms with Gasteiger partial charge in [0.15, 0.2) is 0 Å². The van der Waals surface area contributed by atoms with Crippen LogP contribution < -0.4 is 4.90 Å². The van der Waals surface area contributed by atoms with E-state index in [1.807, 2.05) is 11.2 Å². The van der Waals surface area contributed by atoms with Gasteiger partial charge in [-0.25, -0.2) is 9.97 Å². The number of carbonyl (C=O) groups is 1. The Labute approximate surface area is 148 Å². The summed E-state index contributed by atoms with van der Waals surface area (Å²) in [5, 5.41) is 8.33. The first kappa shape index (κ1) is 17.0. The maximum absolute atomic E-state index is 12.3. The molecule has 0 aromatic carbocycles. The fraction of sp³-hybridized carbons (Fsp3) is 0.500. The minimum atomic E-state index is 0.0817. The van der Waals surface area contributed by atoms with Gasteiger partial charge in [0.2, 0.25) is 17.7 Å². The molecule has 0 bridgehead atoms. The molecule has 1 amide bonds. The SMILES string of the molecule is CSCc1nnc(SCC(=O)N2CCN(c3ncccn3)CC2)o1. The lowest BCUT2D eigenvalue weighted by atomic mass is 10.3. The highest BCUT2D eigenvalue weighted by atomic mass is 32.2. The molecule has 2 aromatic rings. The summed E-state index contributed by atoms with van der Waals surface area (Å²) >= 11 is 2.90. The maximum atomic E-state index is 12.3. The normalized spacial score (nSPS) is 14.9. The highest BCUT2D eigenvalue weighted by Gasteiger charge is 2.23. The molecule has 0 N–H and O–H groups in total. The Hall–Kier alpha value is -1.81. The van der Waals surface area contributed by atoms with Crippen molar-refractivity contribution in [2.24, 2.45) is 0 Å². The number of piperazine rings is 1. The Balaban J connectivity index is 1.45. The number of thioether (sulfide) groups is 2. The minimum Gasteiger partial charge on any atom is -0.415 e. The Bertz CT molecular complexity index is 660. The molecule has 0 atom stereocenters. The van der Waals surface area contributed by atoms with Gasteiger partial charge in [-0.05, 0) is 12.3 Å². The van der Waals surface area contributed by atoms with E-state index in [9.17, 15) is 4.79 Å². The molecule has 1 aliphatic heterocycles. The molecule has 0 aliphatic carbocycles. The first-order valence-corrected chi connectivity index (χ1v) is 9.88. The fourth-order valence-corrected chi connectivity index (χ4v) is 3.35. The average molecular weight is 366 g/mol. The second-order valence-electron chi connectivity index (χ2n) is 5.10. The molecule has 0 spiro atoms. The van der Waals surface area contributed by atoms with E-state index in [2.05, 4.69) is 25.1 Å². The van der Waals surface area contributed by atoms with Crippen molar-refractivity contribution in [2.45, 2.75) is 11.0 Å². The number of carbonyl (C=O) groups excluding carboxylic acids is 1. The molecule has 0 radical (unpaired) electrons. The third-order valence-corrected chi connectivity index (χ3v) is 4.84. The van der Waals surface area contributed by atoms with E-state index >= 15 is 0 Å². The number of aromatic nitrogens is 4. The van der Waals surface area contributed by atoms with Crippen LogP contribution in [0.15, 0.2) is 28.1 Å². The van der Waals surface area contributed by atoms with Crippen LogP contribution in [0.25, 0.3) is 0 Å². The van der Waals surface area contributed by atoms with Crippen LogP contribution in [0.4, 0.5) is 5.95 Å². The van der Waals surface area contributed by atoms with Crippen molar-refractivity contribution in [1.82, 2.24) is 25.1 Å². The predicted molar refractivity (Wildman–Crippen MR) is 93.1 cm³/mol. The first-order valence-electron chi connectivity index (χ1n) is 7.50. The molecule has 128 valence electrons. The van der Waals surface area contributed by atoms with Crippen LogP contribution >= 0.6 is 23.5 Å². The third kappa shape index (κ3) is 4.38. The van der Waals surface area contributed by atoms with Crippen LogP contribution in [0.5, 0.6) is 0 Å². The lowest BCUT2D eigenvalue weighted by molar-refractivity contribution is -0.128. The quantitative estimate of drug-likeness (QED) is 0.699. The van der Waals surface area contributed by atoms with Crippen molar-refractivity contribution in [2.75, 3.05) is 43.1 Å². The van der Waals surface area contributed by atoms with Crippen molar-refractivity contribution >= 4 is 35.4 Å². The minimum absolute atomic E-state index is 0.0817. The van der Waals surface area contributed by atoms with Crippen LogP contribution in [0.1, 0.15) is 5.89 Å². The fourth-order valence-electron chi connectivity index (χ4n) is 2.30. The van der Waals surface area contributed by atoms with Crippen molar-refractivity contribution in [1.29, 1.82) is 0 Å². The van der Waals surface area contributed by atoms with Crippen molar-refractivity contribution < 1.29 is 9.21 Å². The lowest BCUT2D eigenvalue weighted by Gasteiger charge is -2.34. The summed E-state index contributed by atoms with van der Waals surface area (Å²) < 4.78 is 5.46. The number of amides is 1. The number of anilines is 1. The monoisotopic (exact) mass is 366 g/mol. The smallest absolute Gasteiger partial charge is 0.277 e. The molecule has 1 fully saturated rings. The number of hydrogen-bond donors (Lipinski definition) is 0. The topological polar surface area (TPSA) is 88.3 Å². The highest BCUT2D eigenvalue weighted by Crippen LogP contribution is 2.19. The zero-order valence-corrected chi connectivity index (χ0v) is 14.9. The Morgan fingerprint density at radius 2 is 1.96 bits per heavy atom. The average Bonchev–Trinajstić information content (AvgIpc) is 3.08. The van der Waals surface area contributed by atoms with Gasteiger partial charge in [0.1, 0.15) is 0 Å². The van der Waals surface area contributed by atoms with Crippen LogP contribution in [0, 0.1) is 0 Å². The van der Waals surface area contributed by atoms with Gasteiger partial charge >= 0.3 is 0 Å². The van der Waals surface area contributed by atoms with Gasteiger partial charge in [0, 0.05) is 38.6 Å². The van der Waals surface area contributed by atoms with E-state index in [0.717, 1.165) is 13.1 Å². The summed E-state index contributed by atoms with van der Waals surface area (Å²) in [6.45, 7) is 2.80. The Morgan fingerprint density at radius 3 is 2.67 bits per heavy atom. The van der Waals surface area contributed by atoms with E-state index in [4.69, 9.17) is 4.42 Å². The van der Waals surface area contributed by atoms with Gasteiger partial charge in [0.05, 0.1) is 11.5 Å². The molecular formula is C14H18N6O2S2. The summed E-state index contributed by atoms with van der Waals surface area (Å²) in [4.78, 5) is 24.7. The third-order valence-electron chi connectivity index (χ3n) is 3.50. The van der Waals surface area contributed by atoms with Gasteiger partial charge in [-0.15, -0.1) is 10.2 Å². The Kier molecular flexibility index (Phi) is 5.91. The van der Waals surface area contributed by atoms with Gasteiger partial charge in [-0.1, -0.05) is 11.8 Å². The Morgan fingerprint density at radius 1 is 1.21 bits per heavy atom. The van der Waals surface area contributed by atoms with E-state index in [0.29, 0.717) is 41.7 Å². The van der Waals surface area contributed by atoms with E-state index in [1.165, 1.54) is 11.8 Å². The second-order valence-corrected chi connectivity index (χ2v) is 6.89.